The Labute approximate surface area is 165 Å². The van der Waals surface area contributed by atoms with Crippen LogP contribution in [0.15, 0.2) is 48.5 Å². The molecule has 0 atom stereocenters. The van der Waals surface area contributed by atoms with Gasteiger partial charge in [-0.05, 0) is 53.7 Å². The van der Waals surface area contributed by atoms with E-state index in [1.165, 1.54) is 23.8 Å². The summed E-state index contributed by atoms with van der Waals surface area (Å²) in [5.74, 6) is 0.0599. The molecule has 1 amide bonds. The van der Waals surface area contributed by atoms with Crippen molar-refractivity contribution in [3.63, 3.8) is 0 Å². The predicted molar refractivity (Wildman–Crippen MR) is 109 cm³/mol. The van der Waals surface area contributed by atoms with Crippen LogP contribution >= 0.6 is 12.4 Å². The summed E-state index contributed by atoms with van der Waals surface area (Å²) in [6.07, 6.45) is 5.04. The van der Waals surface area contributed by atoms with Gasteiger partial charge in [0, 0.05) is 25.7 Å². The smallest absolute Gasteiger partial charge is 0.246 e. The van der Waals surface area contributed by atoms with Crippen LogP contribution in [0.2, 0.25) is 0 Å². The Morgan fingerprint density at radius 3 is 2.52 bits per heavy atom. The van der Waals surface area contributed by atoms with Crippen LogP contribution in [0.3, 0.4) is 0 Å². The number of carbonyl (C=O) groups is 1. The lowest BCUT2D eigenvalue weighted by molar-refractivity contribution is -0.126. The second-order valence-electron chi connectivity index (χ2n) is 6.63. The van der Waals surface area contributed by atoms with E-state index in [1.54, 1.807) is 12.1 Å². The van der Waals surface area contributed by atoms with Gasteiger partial charge in [0.15, 0.2) is 11.5 Å². The number of amides is 1. The minimum atomic E-state index is -0.194. The number of piperidine rings is 1. The average Bonchev–Trinajstić information content (AvgIpc) is 2.69. The van der Waals surface area contributed by atoms with E-state index in [4.69, 9.17) is 5.73 Å². The molecule has 4 N–H and O–H groups in total. The van der Waals surface area contributed by atoms with Crippen LogP contribution in [-0.4, -0.2) is 34.1 Å². The molecule has 1 fully saturated rings. The van der Waals surface area contributed by atoms with Gasteiger partial charge in [-0.25, -0.2) is 0 Å². The largest absolute Gasteiger partial charge is 0.504 e. The van der Waals surface area contributed by atoms with Gasteiger partial charge in [0.25, 0.3) is 0 Å². The summed E-state index contributed by atoms with van der Waals surface area (Å²) >= 11 is 0. The van der Waals surface area contributed by atoms with E-state index < -0.39 is 0 Å². The number of rotatable bonds is 4. The molecular weight excluding hydrogens is 364 g/mol. The molecule has 0 saturated carbocycles. The highest BCUT2D eigenvalue weighted by atomic mass is 35.5. The molecule has 5 nitrogen and oxygen atoms in total. The molecule has 1 heterocycles. The van der Waals surface area contributed by atoms with Gasteiger partial charge in [0.05, 0.1) is 0 Å². The van der Waals surface area contributed by atoms with E-state index in [9.17, 15) is 15.0 Å². The normalized spacial score (nSPS) is 14.9. The summed E-state index contributed by atoms with van der Waals surface area (Å²) in [4.78, 5) is 14.2. The Morgan fingerprint density at radius 1 is 1.11 bits per heavy atom. The fourth-order valence-corrected chi connectivity index (χ4v) is 3.32. The number of benzene rings is 2. The maximum absolute atomic E-state index is 12.4. The summed E-state index contributed by atoms with van der Waals surface area (Å²) in [7, 11) is 0. The van der Waals surface area contributed by atoms with Crippen molar-refractivity contribution in [3.8, 4) is 11.5 Å². The number of likely N-dealkylation sites (tertiary alicyclic amines) is 1. The highest BCUT2D eigenvalue weighted by Gasteiger charge is 2.22. The van der Waals surface area contributed by atoms with E-state index >= 15 is 0 Å². The highest BCUT2D eigenvalue weighted by Crippen LogP contribution is 2.29. The fraction of sp³-hybridized carbons (Fsp3) is 0.286. The van der Waals surface area contributed by atoms with E-state index in [-0.39, 0.29) is 29.8 Å². The molecule has 1 aliphatic rings. The third-order valence-electron chi connectivity index (χ3n) is 4.88. The van der Waals surface area contributed by atoms with Gasteiger partial charge in [-0.3, -0.25) is 4.79 Å². The van der Waals surface area contributed by atoms with Crippen molar-refractivity contribution >= 4 is 24.4 Å². The molecule has 3 rings (SSSR count). The molecular formula is C21H25ClN2O3. The van der Waals surface area contributed by atoms with Gasteiger partial charge < -0.3 is 20.8 Å². The van der Waals surface area contributed by atoms with Crippen LogP contribution in [0, 0.1) is 0 Å². The van der Waals surface area contributed by atoms with E-state index in [1.807, 2.05) is 17.0 Å². The number of nitrogens with zero attached hydrogens (tertiary/aromatic N) is 1. The Kier molecular flexibility index (Phi) is 7.28. The van der Waals surface area contributed by atoms with Crippen LogP contribution in [0.5, 0.6) is 11.5 Å². The van der Waals surface area contributed by atoms with Gasteiger partial charge >= 0.3 is 0 Å². The number of aromatic hydroxyl groups is 2. The number of hydrogen-bond donors (Lipinski definition) is 3. The third-order valence-corrected chi connectivity index (χ3v) is 4.88. The van der Waals surface area contributed by atoms with E-state index in [2.05, 4.69) is 12.1 Å². The first-order valence-corrected chi connectivity index (χ1v) is 8.84. The molecule has 0 spiro atoms. The molecule has 0 unspecified atom stereocenters. The van der Waals surface area contributed by atoms with Gasteiger partial charge in [-0.1, -0.05) is 30.3 Å². The van der Waals surface area contributed by atoms with Gasteiger partial charge in [0.1, 0.15) is 0 Å². The Morgan fingerprint density at radius 2 is 1.85 bits per heavy atom. The van der Waals surface area contributed by atoms with Crippen molar-refractivity contribution < 1.29 is 15.0 Å². The van der Waals surface area contributed by atoms with Gasteiger partial charge in [-0.2, -0.15) is 0 Å². The molecule has 144 valence electrons. The lowest BCUT2D eigenvalue weighted by atomic mass is 9.88. The fourth-order valence-electron chi connectivity index (χ4n) is 3.32. The van der Waals surface area contributed by atoms with Crippen molar-refractivity contribution in [3.05, 3.63) is 65.2 Å². The zero-order chi connectivity index (χ0) is 18.5. The SMILES string of the molecule is Cl.NCc1cccc(C2CCN(C(=O)C=Cc3ccc(O)c(O)c3)CC2)c1. The number of hydrogen-bond acceptors (Lipinski definition) is 4. The number of phenolic OH excluding ortho intramolecular Hbond substituents is 2. The number of halogens is 1. The molecule has 2 aromatic rings. The maximum Gasteiger partial charge on any atom is 0.246 e. The second kappa shape index (κ2) is 9.44. The lowest BCUT2D eigenvalue weighted by Gasteiger charge is -2.31. The standard InChI is InChI=1S/C21H24N2O3.ClH/c22-14-16-2-1-3-18(12-16)17-8-10-23(11-9-17)21(26)7-5-15-4-6-19(24)20(25)13-15;/h1-7,12-13,17,24-25H,8-11,14,22H2;1H. The Bertz CT molecular complexity index is 815. The van der Waals surface area contributed by atoms with Crippen molar-refractivity contribution in [2.75, 3.05) is 13.1 Å². The molecule has 0 radical (unpaired) electrons. The summed E-state index contributed by atoms with van der Waals surface area (Å²) < 4.78 is 0. The summed E-state index contributed by atoms with van der Waals surface area (Å²) in [6.45, 7) is 1.99. The summed E-state index contributed by atoms with van der Waals surface area (Å²) in [6, 6.07) is 12.9. The van der Waals surface area contributed by atoms with Crippen molar-refractivity contribution in [2.24, 2.45) is 5.73 Å². The zero-order valence-electron chi connectivity index (χ0n) is 15.0. The first kappa shape index (κ1) is 20.8. The second-order valence-corrected chi connectivity index (χ2v) is 6.63. The van der Waals surface area contributed by atoms with Gasteiger partial charge in [0.2, 0.25) is 5.91 Å². The molecule has 1 saturated heterocycles. The lowest BCUT2D eigenvalue weighted by Crippen LogP contribution is -2.36. The van der Waals surface area contributed by atoms with Crippen LogP contribution in [0.25, 0.3) is 6.08 Å². The van der Waals surface area contributed by atoms with Crippen molar-refractivity contribution in [1.29, 1.82) is 0 Å². The highest BCUT2D eigenvalue weighted by molar-refractivity contribution is 5.92. The first-order valence-electron chi connectivity index (χ1n) is 8.84. The topological polar surface area (TPSA) is 86.8 Å². The quantitative estimate of drug-likeness (QED) is 0.553. The molecule has 0 aromatic heterocycles. The predicted octanol–water partition coefficient (Wildman–Crippen LogP) is 3.40. The number of carbonyl (C=O) groups excluding carboxylic acids is 1. The Balaban J connectivity index is 0.00000261. The molecule has 6 heteroatoms. The van der Waals surface area contributed by atoms with Crippen LogP contribution in [-0.2, 0) is 11.3 Å². The molecule has 27 heavy (non-hydrogen) atoms. The minimum Gasteiger partial charge on any atom is -0.504 e. The maximum atomic E-state index is 12.4. The number of phenols is 2. The van der Waals surface area contributed by atoms with Gasteiger partial charge in [-0.15, -0.1) is 12.4 Å². The summed E-state index contributed by atoms with van der Waals surface area (Å²) in [5, 5.41) is 18.8. The van der Waals surface area contributed by atoms with Crippen molar-refractivity contribution in [2.45, 2.75) is 25.3 Å². The monoisotopic (exact) mass is 388 g/mol. The van der Waals surface area contributed by atoms with Crippen LogP contribution < -0.4 is 5.73 Å². The zero-order valence-corrected chi connectivity index (χ0v) is 15.9. The summed E-state index contributed by atoms with van der Waals surface area (Å²) in [5.41, 5.74) is 8.83. The molecule has 0 bridgehead atoms. The Hall–Kier alpha value is -2.50. The molecule has 2 aromatic carbocycles. The van der Waals surface area contributed by atoms with E-state index in [0.29, 0.717) is 18.0 Å². The average molecular weight is 389 g/mol. The number of nitrogens with two attached hydrogens (primary N) is 1. The first-order chi connectivity index (χ1) is 12.6. The van der Waals surface area contributed by atoms with E-state index in [0.717, 1.165) is 31.5 Å². The van der Waals surface area contributed by atoms with Crippen LogP contribution in [0.4, 0.5) is 0 Å². The molecule has 1 aliphatic heterocycles. The molecule has 0 aliphatic carbocycles. The minimum absolute atomic E-state index is 0. The van der Waals surface area contributed by atoms with Crippen molar-refractivity contribution in [1.82, 2.24) is 4.90 Å². The third kappa shape index (κ3) is 5.25. The van der Waals surface area contributed by atoms with Crippen LogP contribution in [0.1, 0.15) is 35.4 Å².